The molecule has 0 radical (unpaired) electrons. The highest BCUT2D eigenvalue weighted by Crippen LogP contribution is 2.24. The van der Waals surface area contributed by atoms with Crippen LogP contribution in [0.2, 0.25) is 0 Å². The van der Waals surface area contributed by atoms with Crippen LogP contribution in [0.4, 0.5) is 0 Å². The van der Waals surface area contributed by atoms with Crippen molar-refractivity contribution in [3.05, 3.63) is 78.4 Å². The van der Waals surface area contributed by atoms with Crippen molar-refractivity contribution in [3.63, 3.8) is 0 Å². The summed E-state index contributed by atoms with van der Waals surface area (Å²) in [6.45, 7) is 3.58. The summed E-state index contributed by atoms with van der Waals surface area (Å²) in [6, 6.07) is 16.3. The smallest absolute Gasteiger partial charge is 0.187 e. The fourth-order valence-electron chi connectivity index (χ4n) is 3.07. The van der Waals surface area contributed by atoms with E-state index in [1.54, 1.807) is 24.2 Å². The number of imidazole rings is 1. The summed E-state index contributed by atoms with van der Waals surface area (Å²) >= 11 is 1.65. The van der Waals surface area contributed by atoms with E-state index in [0.717, 1.165) is 40.7 Å². The molecule has 2 aromatic heterocycles. The zero-order valence-electron chi connectivity index (χ0n) is 15.8. The van der Waals surface area contributed by atoms with E-state index in [0.29, 0.717) is 6.61 Å². The number of aromatic nitrogens is 4. The van der Waals surface area contributed by atoms with E-state index in [-0.39, 0.29) is 0 Å². The number of benzene rings is 2. The molecule has 0 aliphatic carbocycles. The zero-order valence-corrected chi connectivity index (χ0v) is 16.6. The molecule has 0 spiro atoms. The van der Waals surface area contributed by atoms with Crippen LogP contribution in [0.3, 0.4) is 0 Å². The number of thioether (sulfide) groups is 1. The van der Waals surface area contributed by atoms with Gasteiger partial charge in [-0.3, -0.25) is 0 Å². The molecule has 0 amide bonds. The van der Waals surface area contributed by atoms with Gasteiger partial charge in [0.1, 0.15) is 5.75 Å². The normalized spacial score (nSPS) is 11.0. The van der Waals surface area contributed by atoms with E-state index in [1.807, 2.05) is 36.7 Å². The molecule has 4 aromatic rings. The maximum absolute atomic E-state index is 6.04. The SMILES string of the molecule is Cc1c(Cn2cnc3ccccc32)cccc1OCCCSc1ncccn1. The van der Waals surface area contributed by atoms with Crippen LogP contribution in [0, 0.1) is 6.92 Å². The summed E-state index contributed by atoms with van der Waals surface area (Å²) in [5.41, 5.74) is 4.59. The van der Waals surface area contributed by atoms with Crippen molar-refractivity contribution in [3.8, 4) is 5.75 Å². The first kappa shape index (κ1) is 18.5. The van der Waals surface area contributed by atoms with Crippen LogP contribution in [0.15, 0.2) is 72.4 Å². The van der Waals surface area contributed by atoms with Crippen LogP contribution < -0.4 is 4.74 Å². The average molecular weight is 391 g/mol. The lowest BCUT2D eigenvalue weighted by molar-refractivity contribution is 0.316. The predicted molar refractivity (Wildman–Crippen MR) is 113 cm³/mol. The third kappa shape index (κ3) is 4.34. The summed E-state index contributed by atoms with van der Waals surface area (Å²) in [5, 5.41) is 0.813. The number of nitrogens with zero attached hydrogens (tertiary/aromatic N) is 4. The molecule has 0 saturated heterocycles. The molecule has 142 valence electrons. The quantitative estimate of drug-likeness (QED) is 0.247. The van der Waals surface area contributed by atoms with Crippen molar-refractivity contribution in [2.24, 2.45) is 0 Å². The Labute approximate surface area is 168 Å². The molecule has 5 nitrogen and oxygen atoms in total. The maximum Gasteiger partial charge on any atom is 0.187 e. The molecule has 4 rings (SSSR count). The number of hydrogen-bond acceptors (Lipinski definition) is 5. The van der Waals surface area contributed by atoms with Crippen molar-refractivity contribution in [2.75, 3.05) is 12.4 Å². The molecular formula is C22H22N4OS. The summed E-state index contributed by atoms with van der Waals surface area (Å²) in [6.07, 6.45) is 6.38. The molecule has 0 saturated carbocycles. The van der Waals surface area contributed by atoms with E-state index in [9.17, 15) is 0 Å². The first-order valence-corrected chi connectivity index (χ1v) is 10.3. The average Bonchev–Trinajstić information content (AvgIpc) is 3.14. The summed E-state index contributed by atoms with van der Waals surface area (Å²) in [4.78, 5) is 12.9. The predicted octanol–water partition coefficient (Wildman–Crippen LogP) is 4.74. The third-order valence-electron chi connectivity index (χ3n) is 4.58. The molecule has 28 heavy (non-hydrogen) atoms. The molecule has 0 N–H and O–H groups in total. The minimum atomic E-state index is 0.679. The third-order valence-corrected chi connectivity index (χ3v) is 5.55. The molecular weight excluding hydrogens is 368 g/mol. The first-order valence-electron chi connectivity index (χ1n) is 9.32. The summed E-state index contributed by atoms with van der Waals surface area (Å²) < 4.78 is 8.22. The van der Waals surface area contributed by atoms with Gasteiger partial charge in [0, 0.05) is 24.7 Å². The van der Waals surface area contributed by atoms with Crippen LogP contribution in [-0.2, 0) is 6.54 Å². The number of hydrogen-bond donors (Lipinski definition) is 0. The van der Waals surface area contributed by atoms with E-state index in [4.69, 9.17) is 4.74 Å². The van der Waals surface area contributed by atoms with Gasteiger partial charge >= 0.3 is 0 Å². The van der Waals surface area contributed by atoms with E-state index >= 15 is 0 Å². The minimum Gasteiger partial charge on any atom is -0.493 e. The maximum atomic E-state index is 6.04. The fraction of sp³-hybridized carbons (Fsp3) is 0.227. The Morgan fingerprint density at radius 2 is 1.82 bits per heavy atom. The van der Waals surface area contributed by atoms with Crippen molar-refractivity contribution in [1.29, 1.82) is 0 Å². The van der Waals surface area contributed by atoms with Crippen LogP contribution in [0.5, 0.6) is 5.75 Å². The Hall–Kier alpha value is -2.86. The molecule has 0 aliphatic rings. The Bertz CT molecular complexity index is 1050. The molecule has 2 heterocycles. The van der Waals surface area contributed by atoms with Gasteiger partial charge in [-0.1, -0.05) is 36.0 Å². The number of rotatable bonds is 8. The second kappa shape index (κ2) is 8.89. The van der Waals surface area contributed by atoms with Gasteiger partial charge in [-0.15, -0.1) is 0 Å². The lowest BCUT2D eigenvalue weighted by Crippen LogP contribution is -2.04. The van der Waals surface area contributed by atoms with Crippen LogP contribution in [-0.4, -0.2) is 31.9 Å². The van der Waals surface area contributed by atoms with Gasteiger partial charge in [0.2, 0.25) is 0 Å². The Morgan fingerprint density at radius 3 is 2.71 bits per heavy atom. The number of ether oxygens (including phenoxy) is 1. The Kier molecular flexibility index (Phi) is 5.87. The Morgan fingerprint density at radius 1 is 0.964 bits per heavy atom. The van der Waals surface area contributed by atoms with E-state index in [1.165, 1.54) is 11.1 Å². The summed E-state index contributed by atoms with van der Waals surface area (Å²) in [5.74, 6) is 1.88. The standard InChI is InChI=1S/C22H22N4OS/c1-17-18(15-26-16-25-19-8-2-3-9-20(19)26)7-4-10-21(17)27-13-6-14-28-22-23-11-5-12-24-22/h2-5,7-12,16H,6,13-15H2,1H3. The largest absolute Gasteiger partial charge is 0.493 e. The first-order chi connectivity index (χ1) is 13.8. The van der Waals surface area contributed by atoms with Crippen molar-refractivity contribution in [2.45, 2.75) is 25.0 Å². The minimum absolute atomic E-state index is 0.679. The summed E-state index contributed by atoms with van der Waals surface area (Å²) in [7, 11) is 0. The molecule has 0 unspecified atom stereocenters. The van der Waals surface area contributed by atoms with Gasteiger partial charge in [0.25, 0.3) is 0 Å². The topological polar surface area (TPSA) is 52.8 Å². The number of para-hydroxylation sites is 2. The highest BCUT2D eigenvalue weighted by Gasteiger charge is 2.08. The highest BCUT2D eigenvalue weighted by molar-refractivity contribution is 7.99. The number of fused-ring (bicyclic) bond motifs is 1. The lowest BCUT2D eigenvalue weighted by atomic mass is 10.1. The second-order valence-corrected chi connectivity index (χ2v) is 7.55. The fourth-order valence-corrected chi connectivity index (χ4v) is 3.79. The lowest BCUT2D eigenvalue weighted by Gasteiger charge is -2.13. The molecule has 2 aromatic carbocycles. The van der Waals surface area contributed by atoms with Crippen LogP contribution in [0.1, 0.15) is 17.5 Å². The van der Waals surface area contributed by atoms with Gasteiger partial charge in [-0.05, 0) is 48.7 Å². The molecule has 0 bridgehead atoms. The van der Waals surface area contributed by atoms with Crippen molar-refractivity contribution < 1.29 is 4.74 Å². The van der Waals surface area contributed by atoms with Gasteiger partial charge in [-0.25, -0.2) is 15.0 Å². The van der Waals surface area contributed by atoms with Gasteiger partial charge in [-0.2, -0.15) is 0 Å². The van der Waals surface area contributed by atoms with Crippen molar-refractivity contribution in [1.82, 2.24) is 19.5 Å². The van der Waals surface area contributed by atoms with E-state index in [2.05, 4.69) is 44.6 Å². The van der Waals surface area contributed by atoms with Gasteiger partial charge < -0.3 is 9.30 Å². The molecule has 0 atom stereocenters. The van der Waals surface area contributed by atoms with Crippen molar-refractivity contribution >= 4 is 22.8 Å². The van der Waals surface area contributed by atoms with Gasteiger partial charge in [0.05, 0.1) is 24.0 Å². The molecule has 0 fully saturated rings. The van der Waals surface area contributed by atoms with Crippen LogP contribution in [0.25, 0.3) is 11.0 Å². The molecule has 0 aliphatic heterocycles. The monoisotopic (exact) mass is 390 g/mol. The highest BCUT2D eigenvalue weighted by atomic mass is 32.2. The van der Waals surface area contributed by atoms with Gasteiger partial charge in [0.15, 0.2) is 5.16 Å². The van der Waals surface area contributed by atoms with Crippen LogP contribution >= 0.6 is 11.8 Å². The van der Waals surface area contributed by atoms with E-state index < -0.39 is 0 Å². The Balaban J connectivity index is 1.35. The second-order valence-electron chi connectivity index (χ2n) is 6.48. The zero-order chi connectivity index (χ0) is 19.2. The molecule has 6 heteroatoms.